The summed E-state index contributed by atoms with van der Waals surface area (Å²) in [6.45, 7) is 4.92. The smallest absolute Gasteiger partial charge is 0.261 e. The second-order valence-electron chi connectivity index (χ2n) is 4.62. The molecular weight excluding hydrogens is 310 g/mol. The van der Waals surface area contributed by atoms with Crippen LogP contribution in [0.5, 0.6) is 0 Å². The van der Waals surface area contributed by atoms with Gasteiger partial charge in [-0.25, -0.2) is 0 Å². The zero-order valence-corrected chi connectivity index (χ0v) is 12.8. The summed E-state index contributed by atoms with van der Waals surface area (Å²) >= 11 is 5.10. The van der Waals surface area contributed by atoms with Crippen LogP contribution in [0.1, 0.15) is 23.5 Å². The standard InChI is InChI=1S/C14H16BrNOS/c1-9(2)11(15)8-16-14(17)13-7-10-5-3-4-6-12(10)18-13/h3-7,9,11H,8H2,1-2H3,(H,16,17). The molecule has 1 aromatic carbocycles. The fourth-order valence-electron chi connectivity index (χ4n) is 1.61. The number of amides is 1. The van der Waals surface area contributed by atoms with E-state index in [1.807, 2.05) is 30.3 Å². The lowest BCUT2D eigenvalue weighted by molar-refractivity contribution is 0.0957. The summed E-state index contributed by atoms with van der Waals surface area (Å²) in [7, 11) is 0. The molecule has 0 bridgehead atoms. The van der Waals surface area contributed by atoms with Crippen molar-refractivity contribution in [3.05, 3.63) is 35.2 Å². The first-order valence-corrected chi connectivity index (χ1v) is 7.72. The molecule has 18 heavy (non-hydrogen) atoms. The molecule has 1 aromatic heterocycles. The van der Waals surface area contributed by atoms with Crippen molar-refractivity contribution in [2.45, 2.75) is 18.7 Å². The van der Waals surface area contributed by atoms with Crippen molar-refractivity contribution in [2.24, 2.45) is 5.92 Å². The Labute approximate surface area is 120 Å². The Morgan fingerprint density at radius 2 is 2.11 bits per heavy atom. The Balaban J connectivity index is 2.05. The molecule has 0 aliphatic heterocycles. The maximum absolute atomic E-state index is 12.0. The van der Waals surface area contributed by atoms with Crippen molar-refractivity contribution in [1.29, 1.82) is 0 Å². The molecule has 4 heteroatoms. The predicted octanol–water partition coefficient (Wildman–Crippen LogP) is 4.05. The third-order valence-electron chi connectivity index (χ3n) is 2.83. The number of hydrogen-bond acceptors (Lipinski definition) is 2. The number of nitrogens with one attached hydrogen (secondary N) is 1. The van der Waals surface area contributed by atoms with Gasteiger partial charge in [0.2, 0.25) is 0 Å². The number of carbonyl (C=O) groups excluding carboxylic acids is 1. The topological polar surface area (TPSA) is 29.1 Å². The molecular formula is C14H16BrNOS. The van der Waals surface area contributed by atoms with Crippen molar-refractivity contribution in [3.8, 4) is 0 Å². The first-order valence-electron chi connectivity index (χ1n) is 5.99. The van der Waals surface area contributed by atoms with Gasteiger partial charge in [0.05, 0.1) is 4.88 Å². The summed E-state index contributed by atoms with van der Waals surface area (Å²) in [6.07, 6.45) is 0. The van der Waals surface area contributed by atoms with E-state index in [-0.39, 0.29) is 5.91 Å². The van der Waals surface area contributed by atoms with Crippen LogP contribution >= 0.6 is 27.3 Å². The Morgan fingerprint density at radius 3 is 2.78 bits per heavy atom. The molecule has 1 amide bonds. The van der Waals surface area contributed by atoms with Gasteiger partial charge in [-0.15, -0.1) is 11.3 Å². The van der Waals surface area contributed by atoms with Gasteiger partial charge >= 0.3 is 0 Å². The Morgan fingerprint density at radius 1 is 1.39 bits per heavy atom. The molecule has 1 unspecified atom stereocenters. The summed E-state index contributed by atoms with van der Waals surface area (Å²) in [6, 6.07) is 10.0. The molecule has 0 fully saturated rings. The predicted molar refractivity (Wildman–Crippen MR) is 81.7 cm³/mol. The first kappa shape index (κ1) is 13.6. The number of carbonyl (C=O) groups is 1. The summed E-state index contributed by atoms with van der Waals surface area (Å²) in [5.74, 6) is 0.522. The maximum Gasteiger partial charge on any atom is 0.261 e. The largest absolute Gasteiger partial charge is 0.350 e. The summed E-state index contributed by atoms with van der Waals surface area (Å²) in [5, 5.41) is 4.10. The molecule has 0 radical (unpaired) electrons. The van der Waals surface area contributed by atoms with E-state index in [9.17, 15) is 4.79 Å². The monoisotopic (exact) mass is 325 g/mol. The second-order valence-corrected chi connectivity index (χ2v) is 6.88. The lowest BCUT2D eigenvalue weighted by atomic mass is 10.1. The number of rotatable bonds is 4. The minimum absolute atomic E-state index is 0.0151. The molecule has 2 rings (SSSR count). The van der Waals surface area contributed by atoms with Crippen LogP contribution < -0.4 is 5.32 Å². The van der Waals surface area contributed by atoms with Crippen molar-refractivity contribution in [3.63, 3.8) is 0 Å². The molecule has 2 aromatic rings. The van der Waals surface area contributed by atoms with Crippen LogP contribution in [0.4, 0.5) is 0 Å². The van der Waals surface area contributed by atoms with Crippen molar-refractivity contribution >= 4 is 43.3 Å². The van der Waals surface area contributed by atoms with Crippen LogP contribution in [-0.4, -0.2) is 17.3 Å². The molecule has 1 N–H and O–H groups in total. The summed E-state index contributed by atoms with van der Waals surface area (Å²) < 4.78 is 1.15. The van der Waals surface area contributed by atoms with Crippen LogP contribution in [0.15, 0.2) is 30.3 Å². The van der Waals surface area contributed by atoms with E-state index in [2.05, 4.69) is 35.1 Å². The van der Waals surface area contributed by atoms with E-state index in [1.165, 1.54) is 11.3 Å². The van der Waals surface area contributed by atoms with Crippen molar-refractivity contribution in [2.75, 3.05) is 6.54 Å². The zero-order valence-electron chi connectivity index (χ0n) is 10.4. The average Bonchev–Trinajstić information content (AvgIpc) is 2.79. The normalized spacial score (nSPS) is 12.9. The minimum Gasteiger partial charge on any atom is -0.350 e. The lowest BCUT2D eigenvalue weighted by Crippen LogP contribution is -2.31. The van der Waals surface area contributed by atoms with E-state index in [0.29, 0.717) is 17.3 Å². The first-order chi connectivity index (χ1) is 8.58. The maximum atomic E-state index is 12.0. The molecule has 1 heterocycles. The van der Waals surface area contributed by atoms with E-state index >= 15 is 0 Å². The van der Waals surface area contributed by atoms with Crippen LogP contribution in [0, 0.1) is 5.92 Å². The van der Waals surface area contributed by atoms with Crippen LogP contribution in [0.2, 0.25) is 0 Å². The van der Waals surface area contributed by atoms with Crippen LogP contribution in [0.3, 0.4) is 0 Å². The third kappa shape index (κ3) is 3.12. The number of halogens is 1. The summed E-state index contributed by atoms with van der Waals surface area (Å²) in [4.78, 5) is 13.1. The van der Waals surface area contributed by atoms with Crippen molar-refractivity contribution < 1.29 is 4.79 Å². The highest BCUT2D eigenvalue weighted by Crippen LogP contribution is 2.25. The molecule has 2 nitrogen and oxygen atoms in total. The average molecular weight is 326 g/mol. The van der Waals surface area contributed by atoms with Gasteiger partial charge in [0.1, 0.15) is 0 Å². The minimum atomic E-state index is 0.0151. The molecule has 0 saturated heterocycles. The molecule has 0 aliphatic carbocycles. The van der Waals surface area contributed by atoms with Gasteiger partial charge in [-0.1, -0.05) is 48.0 Å². The second kappa shape index (κ2) is 5.85. The lowest BCUT2D eigenvalue weighted by Gasteiger charge is -2.13. The Kier molecular flexibility index (Phi) is 4.40. The van der Waals surface area contributed by atoms with Crippen LogP contribution in [0.25, 0.3) is 10.1 Å². The Bertz CT molecular complexity index is 516. The highest BCUT2D eigenvalue weighted by atomic mass is 79.9. The van der Waals surface area contributed by atoms with Gasteiger partial charge < -0.3 is 5.32 Å². The highest BCUT2D eigenvalue weighted by molar-refractivity contribution is 9.09. The number of fused-ring (bicyclic) bond motifs is 1. The zero-order chi connectivity index (χ0) is 13.1. The number of benzene rings is 1. The fourth-order valence-corrected chi connectivity index (χ4v) is 2.75. The van der Waals surface area contributed by atoms with E-state index in [1.54, 1.807) is 0 Å². The van der Waals surface area contributed by atoms with Crippen molar-refractivity contribution in [1.82, 2.24) is 5.32 Å². The van der Waals surface area contributed by atoms with Gasteiger partial charge in [0.25, 0.3) is 5.91 Å². The molecule has 1 atom stereocenters. The van der Waals surface area contributed by atoms with Gasteiger partial charge in [0, 0.05) is 16.1 Å². The van der Waals surface area contributed by atoms with Gasteiger partial charge in [-0.05, 0) is 23.4 Å². The van der Waals surface area contributed by atoms with Crippen LogP contribution in [-0.2, 0) is 0 Å². The number of alkyl halides is 1. The fraction of sp³-hybridized carbons (Fsp3) is 0.357. The highest BCUT2D eigenvalue weighted by Gasteiger charge is 2.13. The third-order valence-corrected chi connectivity index (χ3v) is 5.33. The van der Waals surface area contributed by atoms with E-state index in [4.69, 9.17) is 0 Å². The van der Waals surface area contributed by atoms with E-state index < -0.39 is 0 Å². The summed E-state index contributed by atoms with van der Waals surface area (Å²) in [5.41, 5.74) is 0. The molecule has 0 aliphatic rings. The molecule has 0 saturated carbocycles. The molecule has 0 spiro atoms. The SMILES string of the molecule is CC(C)C(Br)CNC(=O)c1cc2ccccc2s1. The van der Waals surface area contributed by atoms with Gasteiger partial charge in [0.15, 0.2) is 0 Å². The number of thiophene rings is 1. The number of hydrogen-bond donors (Lipinski definition) is 1. The molecule has 96 valence electrons. The Hall–Kier alpha value is -0.870. The van der Waals surface area contributed by atoms with E-state index in [0.717, 1.165) is 15.0 Å². The van der Waals surface area contributed by atoms with Gasteiger partial charge in [-0.2, -0.15) is 0 Å². The van der Waals surface area contributed by atoms with Gasteiger partial charge in [-0.3, -0.25) is 4.79 Å². The quantitative estimate of drug-likeness (QED) is 0.844.